The molecule has 0 aliphatic carbocycles. The second kappa shape index (κ2) is 5.80. The zero-order chi connectivity index (χ0) is 18.5. The first-order valence-electron chi connectivity index (χ1n) is 8.28. The number of H-pyrrole nitrogens is 1. The molecule has 2 N–H and O–H groups in total. The lowest BCUT2D eigenvalue weighted by Crippen LogP contribution is -2.45. The maximum absolute atomic E-state index is 13.0. The van der Waals surface area contributed by atoms with Crippen molar-refractivity contribution >= 4 is 28.5 Å². The van der Waals surface area contributed by atoms with Gasteiger partial charge in [-0.15, -0.1) is 0 Å². The van der Waals surface area contributed by atoms with Gasteiger partial charge in [0.1, 0.15) is 0 Å². The molecule has 1 aromatic carbocycles. The van der Waals surface area contributed by atoms with Crippen molar-refractivity contribution in [2.45, 2.75) is 6.42 Å². The molecule has 0 bridgehead atoms. The molecule has 26 heavy (non-hydrogen) atoms. The molecule has 1 amide bonds. The van der Waals surface area contributed by atoms with Gasteiger partial charge < -0.3 is 19.7 Å². The average Bonchev–Trinajstić information content (AvgIpc) is 3.22. The Labute approximate surface area is 147 Å². The number of carbonyl (C=O) groups excluding carboxylic acids is 1. The van der Waals surface area contributed by atoms with Crippen molar-refractivity contribution in [1.82, 2.24) is 9.88 Å². The molecule has 4 rings (SSSR count). The number of benzene rings is 1. The van der Waals surface area contributed by atoms with Gasteiger partial charge in [0.05, 0.1) is 22.5 Å². The van der Waals surface area contributed by atoms with Gasteiger partial charge in [-0.1, -0.05) is 0 Å². The predicted octanol–water partition coefficient (Wildman–Crippen LogP) is 1.64. The molecule has 0 radical (unpaired) electrons. The van der Waals surface area contributed by atoms with Crippen molar-refractivity contribution in [3.05, 3.63) is 40.1 Å². The minimum absolute atomic E-state index is 0.100. The number of fused-ring (bicyclic) bond motifs is 2. The fourth-order valence-corrected chi connectivity index (χ4v) is 4.02. The molecule has 1 aromatic heterocycles. The fraction of sp³-hybridized carbons (Fsp3) is 0.412. The SMILES string of the molecule is O=C(c1c[nH]c2ccc([N+](=O)[O-])cc12)N1C[C@H]2COCC[C@@]2(C(=O)O)C1. The first-order chi connectivity index (χ1) is 12.4. The summed E-state index contributed by atoms with van der Waals surface area (Å²) in [6.07, 6.45) is 1.89. The third-order valence-corrected chi connectivity index (χ3v) is 5.53. The Bertz CT molecular complexity index is 922. The number of aromatic amines is 1. The van der Waals surface area contributed by atoms with Gasteiger partial charge in [-0.3, -0.25) is 19.7 Å². The molecule has 136 valence electrons. The standard InChI is InChI=1S/C17H17N3O6/c21-15(13-6-18-14-2-1-11(20(24)25)5-12(13)14)19-7-10-8-26-4-3-17(10,9-19)16(22)23/h1-2,5-6,10,18H,3-4,7-9H2,(H,22,23)/t10-,17+/m0/s1. The van der Waals surface area contributed by atoms with E-state index in [0.29, 0.717) is 42.6 Å². The summed E-state index contributed by atoms with van der Waals surface area (Å²) < 4.78 is 5.41. The summed E-state index contributed by atoms with van der Waals surface area (Å²) in [5.41, 5.74) is -0.154. The lowest BCUT2D eigenvalue weighted by atomic mass is 9.74. The number of rotatable bonds is 3. The van der Waals surface area contributed by atoms with Gasteiger partial charge in [0.2, 0.25) is 0 Å². The molecule has 2 atom stereocenters. The number of nitro groups is 1. The summed E-state index contributed by atoms with van der Waals surface area (Å²) in [4.78, 5) is 39.8. The van der Waals surface area contributed by atoms with Gasteiger partial charge in [-0.05, 0) is 12.5 Å². The van der Waals surface area contributed by atoms with Gasteiger partial charge in [0, 0.05) is 54.8 Å². The van der Waals surface area contributed by atoms with E-state index in [2.05, 4.69) is 4.98 Å². The maximum Gasteiger partial charge on any atom is 0.311 e. The molecule has 0 spiro atoms. The van der Waals surface area contributed by atoms with Crippen molar-refractivity contribution in [2.24, 2.45) is 11.3 Å². The highest BCUT2D eigenvalue weighted by molar-refractivity contribution is 6.07. The normalized spacial score (nSPS) is 25.2. The summed E-state index contributed by atoms with van der Waals surface area (Å²) >= 11 is 0. The Hall–Kier alpha value is -2.94. The average molecular weight is 359 g/mol. The van der Waals surface area contributed by atoms with Gasteiger partial charge in [0.25, 0.3) is 11.6 Å². The molecule has 3 heterocycles. The Morgan fingerprint density at radius 3 is 2.92 bits per heavy atom. The van der Waals surface area contributed by atoms with Crippen LogP contribution in [0.2, 0.25) is 0 Å². The predicted molar refractivity (Wildman–Crippen MR) is 89.9 cm³/mol. The van der Waals surface area contributed by atoms with Crippen molar-refractivity contribution in [2.75, 3.05) is 26.3 Å². The zero-order valence-corrected chi connectivity index (χ0v) is 13.8. The fourth-order valence-electron chi connectivity index (χ4n) is 4.02. The van der Waals surface area contributed by atoms with E-state index < -0.39 is 16.3 Å². The number of hydrogen-bond donors (Lipinski definition) is 2. The van der Waals surface area contributed by atoms with Gasteiger partial charge in [-0.2, -0.15) is 0 Å². The van der Waals surface area contributed by atoms with E-state index in [4.69, 9.17) is 4.74 Å². The summed E-state index contributed by atoms with van der Waals surface area (Å²) in [6.45, 7) is 1.10. The largest absolute Gasteiger partial charge is 0.481 e. The van der Waals surface area contributed by atoms with Crippen LogP contribution in [0.25, 0.3) is 10.9 Å². The molecular weight excluding hydrogens is 342 g/mol. The van der Waals surface area contributed by atoms with Gasteiger partial charge >= 0.3 is 5.97 Å². The smallest absolute Gasteiger partial charge is 0.311 e. The summed E-state index contributed by atoms with van der Waals surface area (Å²) in [6, 6.07) is 4.28. The topological polar surface area (TPSA) is 126 Å². The highest BCUT2D eigenvalue weighted by Crippen LogP contribution is 2.43. The van der Waals surface area contributed by atoms with Crippen LogP contribution < -0.4 is 0 Å². The highest BCUT2D eigenvalue weighted by atomic mass is 16.6. The molecule has 9 nitrogen and oxygen atoms in total. The van der Waals surface area contributed by atoms with Crippen LogP contribution in [-0.4, -0.2) is 58.1 Å². The zero-order valence-electron chi connectivity index (χ0n) is 13.8. The van der Waals surface area contributed by atoms with Crippen LogP contribution in [0.3, 0.4) is 0 Å². The van der Waals surface area contributed by atoms with Gasteiger partial charge in [-0.25, -0.2) is 0 Å². The number of likely N-dealkylation sites (tertiary alicyclic amines) is 1. The Kier molecular flexibility index (Phi) is 3.69. The number of aliphatic carboxylic acids is 1. The number of non-ortho nitro benzene ring substituents is 1. The monoisotopic (exact) mass is 359 g/mol. The van der Waals surface area contributed by atoms with Crippen LogP contribution in [0.4, 0.5) is 5.69 Å². The van der Waals surface area contributed by atoms with Gasteiger partial charge in [0.15, 0.2) is 0 Å². The van der Waals surface area contributed by atoms with Crippen LogP contribution in [0, 0.1) is 21.4 Å². The minimum atomic E-state index is -0.980. The number of aromatic nitrogens is 1. The Morgan fingerprint density at radius 1 is 1.42 bits per heavy atom. The summed E-state index contributed by atoms with van der Waals surface area (Å²) in [5.74, 6) is -1.49. The second-order valence-electron chi connectivity index (χ2n) is 6.86. The Balaban J connectivity index is 1.68. The number of amides is 1. The third-order valence-electron chi connectivity index (χ3n) is 5.53. The highest BCUT2D eigenvalue weighted by Gasteiger charge is 2.55. The van der Waals surface area contributed by atoms with Crippen molar-refractivity contribution < 1.29 is 24.4 Å². The summed E-state index contributed by atoms with van der Waals surface area (Å²) in [5, 5.41) is 21.2. The molecule has 0 saturated carbocycles. The second-order valence-corrected chi connectivity index (χ2v) is 6.86. The molecule has 0 unspecified atom stereocenters. The number of nitrogens with one attached hydrogen (secondary N) is 1. The van der Waals surface area contributed by atoms with Crippen LogP contribution in [0.5, 0.6) is 0 Å². The molecule has 2 fully saturated rings. The summed E-state index contributed by atoms with van der Waals surface area (Å²) in [7, 11) is 0. The van der Waals surface area contributed by atoms with E-state index in [1.807, 2.05) is 0 Å². The molecule has 2 aromatic rings. The van der Waals surface area contributed by atoms with E-state index in [1.54, 1.807) is 6.07 Å². The molecular formula is C17H17N3O6. The lowest BCUT2D eigenvalue weighted by molar-refractivity contribution is -0.384. The quantitative estimate of drug-likeness (QED) is 0.634. The van der Waals surface area contributed by atoms with Crippen molar-refractivity contribution in [3.63, 3.8) is 0 Å². The van der Waals surface area contributed by atoms with Crippen molar-refractivity contribution in [1.29, 1.82) is 0 Å². The number of nitrogens with zero attached hydrogens (tertiary/aromatic N) is 2. The number of carboxylic acids is 1. The number of hydrogen-bond acceptors (Lipinski definition) is 5. The first kappa shape index (κ1) is 16.5. The third kappa shape index (κ3) is 2.35. The number of carboxylic acid groups (broad SMARTS) is 1. The lowest BCUT2D eigenvalue weighted by Gasteiger charge is -2.33. The van der Waals surface area contributed by atoms with Crippen LogP contribution in [0.15, 0.2) is 24.4 Å². The minimum Gasteiger partial charge on any atom is -0.481 e. The molecule has 9 heteroatoms. The Morgan fingerprint density at radius 2 is 2.23 bits per heavy atom. The molecule has 2 aliphatic heterocycles. The molecule has 2 aliphatic rings. The number of nitro benzene ring substituents is 1. The van der Waals surface area contributed by atoms with E-state index in [9.17, 15) is 24.8 Å². The van der Waals surface area contributed by atoms with E-state index in [0.717, 1.165) is 0 Å². The number of carbonyl (C=O) groups is 2. The van der Waals surface area contributed by atoms with E-state index in [-0.39, 0.29) is 24.1 Å². The maximum atomic E-state index is 13.0. The first-order valence-corrected chi connectivity index (χ1v) is 8.28. The van der Waals surface area contributed by atoms with E-state index >= 15 is 0 Å². The van der Waals surface area contributed by atoms with Crippen molar-refractivity contribution in [3.8, 4) is 0 Å². The van der Waals surface area contributed by atoms with Crippen LogP contribution >= 0.6 is 0 Å². The van der Waals surface area contributed by atoms with Crippen LogP contribution in [-0.2, 0) is 9.53 Å². The number of ether oxygens (including phenoxy) is 1. The van der Waals surface area contributed by atoms with E-state index in [1.165, 1.54) is 23.2 Å². The molecule has 2 saturated heterocycles. The van der Waals surface area contributed by atoms with Crippen LogP contribution in [0.1, 0.15) is 16.8 Å².